The van der Waals surface area contributed by atoms with Crippen molar-refractivity contribution in [1.82, 2.24) is 10.3 Å². The average molecular weight is 539 g/mol. The summed E-state index contributed by atoms with van der Waals surface area (Å²) in [6, 6.07) is 26.5. The summed E-state index contributed by atoms with van der Waals surface area (Å²) in [5.41, 5.74) is 4.32. The summed E-state index contributed by atoms with van der Waals surface area (Å²) in [6.45, 7) is 6.59. The highest BCUT2D eigenvalue weighted by molar-refractivity contribution is 5.84. The summed E-state index contributed by atoms with van der Waals surface area (Å²) in [6.07, 6.45) is 0.922. The summed E-state index contributed by atoms with van der Waals surface area (Å²) in [4.78, 5) is 29.1. The summed E-state index contributed by atoms with van der Waals surface area (Å²) in [5.74, 6) is 0.802. The normalized spacial score (nSPS) is 11.6. The van der Waals surface area contributed by atoms with E-state index in [-0.39, 0.29) is 30.7 Å². The van der Waals surface area contributed by atoms with Crippen LogP contribution in [0.3, 0.4) is 0 Å². The van der Waals surface area contributed by atoms with Crippen molar-refractivity contribution in [3.8, 4) is 17.2 Å². The van der Waals surface area contributed by atoms with Gasteiger partial charge in [0.2, 0.25) is 11.8 Å². The Hall–Kier alpha value is -4.57. The van der Waals surface area contributed by atoms with Crippen LogP contribution in [0.5, 0.6) is 5.75 Å². The number of rotatable bonds is 13. The van der Waals surface area contributed by atoms with E-state index >= 15 is 0 Å². The van der Waals surface area contributed by atoms with Crippen molar-refractivity contribution in [2.24, 2.45) is 5.92 Å². The van der Waals surface area contributed by atoms with Gasteiger partial charge in [-0.2, -0.15) is 0 Å². The minimum atomic E-state index is -0.867. The molecule has 0 aliphatic rings. The zero-order chi connectivity index (χ0) is 28.5. The lowest BCUT2D eigenvalue weighted by atomic mass is 9.87. The number of benzene rings is 2. The van der Waals surface area contributed by atoms with Crippen molar-refractivity contribution >= 4 is 11.9 Å². The molecule has 0 radical (unpaired) electrons. The number of oxazole rings is 1. The Bertz CT molecular complexity index is 1410. The van der Waals surface area contributed by atoms with Crippen LogP contribution in [0.1, 0.15) is 54.3 Å². The zero-order valence-corrected chi connectivity index (χ0v) is 23.1. The van der Waals surface area contributed by atoms with Crippen molar-refractivity contribution in [1.29, 1.82) is 0 Å². The third-order valence-electron chi connectivity index (χ3n) is 6.75. The monoisotopic (exact) mass is 538 g/mol. The number of aryl methyl sites for hydroxylation is 2. The minimum Gasteiger partial charge on any atom is -0.493 e. The topological polar surface area (TPSA) is 102 Å². The van der Waals surface area contributed by atoms with Crippen molar-refractivity contribution in [2.75, 3.05) is 6.61 Å². The highest BCUT2D eigenvalue weighted by Gasteiger charge is 2.24. The van der Waals surface area contributed by atoms with Gasteiger partial charge >= 0.3 is 5.97 Å². The number of nitrogens with zero attached hydrogens (tertiary/aromatic N) is 1. The first-order valence-corrected chi connectivity index (χ1v) is 13.5. The molecule has 7 nitrogen and oxygen atoms in total. The second-order valence-corrected chi connectivity index (χ2v) is 10.0. The third kappa shape index (κ3) is 7.51. The minimum absolute atomic E-state index is 0.00472. The van der Waals surface area contributed by atoms with Crippen LogP contribution in [-0.2, 0) is 29.0 Å². The van der Waals surface area contributed by atoms with Crippen LogP contribution in [-0.4, -0.2) is 28.6 Å². The lowest BCUT2D eigenvalue weighted by Crippen LogP contribution is -2.32. The average Bonchev–Trinajstić information content (AvgIpc) is 3.32. The molecule has 0 bridgehead atoms. The molecule has 1 atom stereocenters. The van der Waals surface area contributed by atoms with Gasteiger partial charge in [0.1, 0.15) is 11.5 Å². The molecule has 0 fully saturated rings. The molecule has 1 aromatic heterocycles. The fraction of sp³-hybridized carbons (Fsp3) is 0.303. The maximum absolute atomic E-state index is 13.2. The Morgan fingerprint density at radius 2 is 1.85 bits per heavy atom. The van der Waals surface area contributed by atoms with E-state index < -0.39 is 5.97 Å². The second-order valence-electron chi connectivity index (χ2n) is 10.0. The molecule has 1 unspecified atom stereocenters. The van der Waals surface area contributed by atoms with Crippen LogP contribution in [0, 0.1) is 25.0 Å². The van der Waals surface area contributed by atoms with Gasteiger partial charge < -0.3 is 19.6 Å². The number of carboxylic acids is 1. The molecule has 1 amide bonds. The summed E-state index contributed by atoms with van der Waals surface area (Å²) in [7, 11) is 0. The Morgan fingerprint density at radius 1 is 1.05 bits per heavy atom. The quantitative estimate of drug-likeness (QED) is 0.218. The predicted octanol–water partition coefficient (Wildman–Crippen LogP) is 5.95. The molecule has 4 aromatic rings. The first-order chi connectivity index (χ1) is 19.3. The molecule has 3 aromatic carbocycles. The number of amides is 1. The third-order valence-corrected chi connectivity index (χ3v) is 6.75. The van der Waals surface area contributed by atoms with E-state index in [2.05, 4.69) is 22.4 Å². The number of nitrogens with one attached hydrogen (secondary N) is 1. The van der Waals surface area contributed by atoms with E-state index in [0.717, 1.165) is 33.7 Å². The van der Waals surface area contributed by atoms with Crippen molar-refractivity contribution in [3.63, 3.8) is 0 Å². The van der Waals surface area contributed by atoms with E-state index in [4.69, 9.17) is 9.15 Å². The molecular formula is C33H34N2O5. The van der Waals surface area contributed by atoms with Gasteiger partial charge in [0, 0.05) is 31.0 Å². The largest absolute Gasteiger partial charge is 0.493 e. The number of hydrogen-bond donors (Lipinski definition) is 2. The number of aliphatic carboxylic acids is 1. The Labute approximate surface area is 235 Å². The van der Waals surface area contributed by atoms with Gasteiger partial charge in [-0.15, -0.1) is 0 Å². The van der Waals surface area contributed by atoms with Crippen LogP contribution in [0.15, 0.2) is 71.1 Å². The maximum Gasteiger partial charge on any atom is 0.303 e. The molecule has 40 heavy (non-hydrogen) atoms. The van der Waals surface area contributed by atoms with Gasteiger partial charge in [-0.05, 0) is 60.2 Å². The van der Waals surface area contributed by atoms with Crippen LogP contribution >= 0.6 is 0 Å². The van der Waals surface area contributed by atoms with Crippen LogP contribution in [0.2, 0.25) is 0 Å². The Kier molecular flexibility index (Phi) is 9.58. The maximum atomic E-state index is 13.2. The Balaban J connectivity index is 1.43. The standard InChI is InChI=1S/C33H34N2O5/c1-22(2)31(25-10-6-4-7-11-25)32(38)34-21-27-20-28(16-14-24(27)15-17-30(36)37)39-19-18-29-23(3)40-33(35-29)26-12-8-5-9-13-26/h4,6-8,10-14,16,20,22,31H,15,17-19,21H2,1-3H3,(H,34,38)(H,36,37). The first kappa shape index (κ1) is 28.4. The fourth-order valence-electron chi connectivity index (χ4n) is 4.66. The van der Waals surface area contributed by atoms with Gasteiger partial charge in [0.25, 0.3) is 0 Å². The van der Waals surface area contributed by atoms with Gasteiger partial charge in [-0.1, -0.05) is 62.4 Å². The molecule has 0 saturated carbocycles. The highest BCUT2D eigenvalue weighted by atomic mass is 16.5. The van der Waals surface area contributed by atoms with Crippen LogP contribution in [0.25, 0.3) is 11.5 Å². The van der Waals surface area contributed by atoms with E-state index in [9.17, 15) is 14.7 Å². The van der Waals surface area contributed by atoms with Crippen molar-refractivity contribution in [3.05, 3.63) is 107 Å². The van der Waals surface area contributed by atoms with Gasteiger partial charge in [0.05, 0.1) is 18.2 Å². The second kappa shape index (κ2) is 13.5. The van der Waals surface area contributed by atoms with Crippen molar-refractivity contribution in [2.45, 2.75) is 52.5 Å². The number of aromatic nitrogens is 1. The smallest absolute Gasteiger partial charge is 0.303 e. The summed E-state index contributed by atoms with van der Waals surface area (Å²) < 4.78 is 11.9. The van der Waals surface area contributed by atoms with E-state index in [1.807, 2.05) is 75.4 Å². The van der Waals surface area contributed by atoms with Crippen LogP contribution in [0.4, 0.5) is 0 Å². The first-order valence-electron chi connectivity index (χ1n) is 13.5. The molecule has 0 saturated heterocycles. The van der Waals surface area contributed by atoms with Crippen LogP contribution < -0.4 is 10.1 Å². The predicted molar refractivity (Wildman–Crippen MR) is 152 cm³/mol. The Morgan fingerprint density at radius 3 is 2.55 bits per heavy atom. The molecular weight excluding hydrogens is 504 g/mol. The molecule has 2 N–H and O–H groups in total. The lowest BCUT2D eigenvalue weighted by molar-refractivity contribution is -0.137. The van der Waals surface area contributed by atoms with E-state index in [0.29, 0.717) is 31.1 Å². The lowest BCUT2D eigenvalue weighted by Gasteiger charge is -2.21. The molecule has 1 heterocycles. The molecule has 0 aliphatic carbocycles. The van der Waals surface area contributed by atoms with Crippen molar-refractivity contribution < 1.29 is 23.8 Å². The number of ether oxygens (including phenoxy) is 1. The van der Waals surface area contributed by atoms with E-state index in [1.165, 1.54) is 0 Å². The molecule has 4 rings (SSSR count). The SMILES string of the molecule is Cc1oc(-c2cc#ccc2)nc1CCOc1ccc(CCC(=O)O)c(CNC(=O)C(c2ccccc2)C(C)C)c1. The number of carbonyl (C=O) groups is 2. The summed E-state index contributed by atoms with van der Waals surface area (Å²) >= 11 is 0. The zero-order valence-electron chi connectivity index (χ0n) is 23.1. The molecule has 206 valence electrons. The number of hydrogen-bond acceptors (Lipinski definition) is 5. The van der Waals surface area contributed by atoms with E-state index in [1.54, 1.807) is 12.1 Å². The summed E-state index contributed by atoms with van der Waals surface area (Å²) in [5, 5.41) is 12.3. The van der Waals surface area contributed by atoms with Gasteiger partial charge in [0.15, 0.2) is 0 Å². The highest BCUT2D eigenvalue weighted by Crippen LogP contribution is 2.26. The molecule has 0 aliphatic heterocycles. The van der Waals surface area contributed by atoms with Gasteiger partial charge in [-0.3, -0.25) is 9.59 Å². The fourth-order valence-corrected chi connectivity index (χ4v) is 4.66. The number of carboxylic acid groups (broad SMARTS) is 1. The number of carbonyl (C=O) groups excluding carboxylic acids is 1. The van der Waals surface area contributed by atoms with Gasteiger partial charge in [-0.25, -0.2) is 4.98 Å². The molecule has 0 spiro atoms. The molecule has 7 heteroatoms.